The van der Waals surface area contributed by atoms with Gasteiger partial charge in [0, 0.05) is 6.54 Å². The normalized spacial score (nSPS) is 14.2. The lowest BCUT2D eigenvalue weighted by atomic mass is 9.85. The lowest BCUT2D eigenvalue weighted by Crippen LogP contribution is -2.24. The fraction of sp³-hybridized carbons (Fsp3) is 0.429. The van der Waals surface area contributed by atoms with Gasteiger partial charge in [-0.3, -0.25) is 0 Å². The number of rotatable bonds is 8. The Morgan fingerprint density at radius 3 is 2.31 bits per heavy atom. The van der Waals surface area contributed by atoms with E-state index < -0.39 is 10.1 Å². The van der Waals surface area contributed by atoms with Crippen LogP contribution in [0.3, 0.4) is 0 Å². The molecule has 0 fully saturated rings. The van der Waals surface area contributed by atoms with Gasteiger partial charge < -0.3 is 9.08 Å². The molecule has 0 bridgehead atoms. The van der Waals surface area contributed by atoms with Crippen LogP contribution >= 0.6 is 0 Å². The van der Waals surface area contributed by atoms with Crippen molar-refractivity contribution in [2.45, 2.75) is 38.0 Å². The Bertz CT molecular complexity index is 813. The van der Waals surface area contributed by atoms with E-state index in [-0.39, 0.29) is 4.90 Å². The highest BCUT2D eigenvalue weighted by molar-refractivity contribution is 7.87. The minimum absolute atomic E-state index is 0.168. The van der Waals surface area contributed by atoms with Gasteiger partial charge in [0.1, 0.15) is 10.6 Å². The first-order valence-corrected chi connectivity index (χ1v) is 10.4. The molecule has 0 spiro atoms. The van der Waals surface area contributed by atoms with Crippen LogP contribution in [-0.4, -0.2) is 34.0 Å². The Hall–Kier alpha value is -1.85. The van der Waals surface area contributed by atoms with E-state index in [2.05, 4.69) is 32.8 Å². The molecule has 0 heterocycles. The van der Waals surface area contributed by atoms with Crippen molar-refractivity contribution in [1.82, 2.24) is 4.90 Å². The quantitative estimate of drug-likeness (QED) is 0.639. The lowest BCUT2D eigenvalue weighted by molar-refractivity contribution is 0.301. The maximum absolute atomic E-state index is 12.5. The van der Waals surface area contributed by atoms with E-state index >= 15 is 0 Å². The maximum Gasteiger partial charge on any atom is 0.339 e. The molecule has 0 aliphatic heterocycles. The van der Waals surface area contributed by atoms with Crippen molar-refractivity contribution in [2.24, 2.45) is 5.92 Å². The molecule has 4 nitrogen and oxygen atoms in total. The van der Waals surface area contributed by atoms with E-state index in [0.717, 1.165) is 24.1 Å². The van der Waals surface area contributed by atoms with Crippen LogP contribution in [0.15, 0.2) is 53.4 Å². The van der Waals surface area contributed by atoms with Gasteiger partial charge in [0.05, 0.1) is 0 Å². The predicted octanol–water partition coefficient (Wildman–Crippen LogP) is 4.45. The van der Waals surface area contributed by atoms with Crippen molar-refractivity contribution < 1.29 is 12.6 Å². The highest BCUT2D eigenvalue weighted by atomic mass is 32.2. The van der Waals surface area contributed by atoms with Gasteiger partial charge in [-0.15, -0.1) is 0 Å². The largest absolute Gasteiger partial charge is 0.379 e. The van der Waals surface area contributed by atoms with Crippen LogP contribution in [0, 0.1) is 12.8 Å². The molecule has 26 heavy (non-hydrogen) atoms. The summed E-state index contributed by atoms with van der Waals surface area (Å²) in [5.41, 5.74) is 2.12. The van der Waals surface area contributed by atoms with Crippen LogP contribution in [0.25, 0.3) is 0 Å². The third kappa shape index (κ3) is 5.32. The second kappa shape index (κ2) is 8.69. The van der Waals surface area contributed by atoms with Crippen molar-refractivity contribution in [1.29, 1.82) is 0 Å². The molecule has 0 saturated carbocycles. The summed E-state index contributed by atoms with van der Waals surface area (Å²) in [6.07, 6.45) is 0.989. The Balaban J connectivity index is 2.24. The summed E-state index contributed by atoms with van der Waals surface area (Å²) < 4.78 is 30.4. The van der Waals surface area contributed by atoms with Gasteiger partial charge in [-0.25, -0.2) is 0 Å². The van der Waals surface area contributed by atoms with E-state index in [1.54, 1.807) is 30.3 Å². The Labute approximate surface area is 157 Å². The van der Waals surface area contributed by atoms with E-state index in [9.17, 15) is 8.42 Å². The van der Waals surface area contributed by atoms with Gasteiger partial charge in [0.15, 0.2) is 0 Å². The summed E-state index contributed by atoms with van der Waals surface area (Å²) >= 11 is 0. The molecule has 142 valence electrons. The third-order valence-electron chi connectivity index (χ3n) is 4.58. The van der Waals surface area contributed by atoms with Gasteiger partial charge in [0.2, 0.25) is 0 Å². The lowest BCUT2D eigenvalue weighted by Gasteiger charge is -2.26. The monoisotopic (exact) mass is 375 g/mol. The van der Waals surface area contributed by atoms with Crippen LogP contribution in [0.5, 0.6) is 5.75 Å². The summed E-state index contributed by atoms with van der Waals surface area (Å²) in [5, 5.41) is 0. The molecule has 5 heteroatoms. The van der Waals surface area contributed by atoms with Crippen LogP contribution < -0.4 is 4.18 Å². The summed E-state index contributed by atoms with van der Waals surface area (Å²) in [4.78, 5) is 2.34. The molecule has 0 aliphatic carbocycles. The van der Waals surface area contributed by atoms with Crippen LogP contribution in [-0.2, 0) is 10.1 Å². The molecule has 2 aromatic rings. The van der Waals surface area contributed by atoms with E-state index in [1.807, 2.05) is 25.1 Å². The number of aryl methyl sites for hydroxylation is 1. The molecule has 2 aromatic carbocycles. The molecule has 0 amide bonds. The molecule has 0 aromatic heterocycles. The Morgan fingerprint density at radius 1 is 1.08 bits per heavy atom. The zero-order valence-electron chi connectivity index (χ0n) is 16.3. The number of benzene rings is 2. The van der Waals surface area contributed by atoms with Gasteiger partial charge >= 0.3 is 10.1 Å². The molecule has 2 rings (SSSR count). The SMILES string of the molecule is CC[C@@H](c1cccc(OS(=O)(=O)c2ccc(C)cc2)c1)[C@@H](C)CN(C)C. The highest BCUT2D eigenvalue weighted by Gasteiger charge is 2.21. The third-order valence-corrected chi connectivity index (χ3v) is 5.84. The number of hydrogen-bond acceptors (Lipinski definition) is 4. The minimum Gasteiger partial charge on any atom is -0.379 e. The molecular formula is C21H29NO3S. The summed E-state index contributed by atoms with van der Waals surface area (Å²) in [5.74, 6) is 1.17. The molecule has 0 aliphatic rings. The van der Waals surface area contributed by atoms with Gasteiger partial charge in [-0.1, -0.05) is 43.7 Å². The van der Waals surface area contributed by atoms with Crippen molar-refractivity contribution in [3.05, 3.63) is 59.7 Å². The second-order valence-corrected chi connectivity index (χ2v) is 8.72. The number of hydrogen-bond donors (Lipinski definition) is 0. The van der Waals surface area contributed by atoms with Crippen LogP contribution in [0.4, 0.5) is 0 Å². The molecular weight excluding hydrogens is 346 g/mol. The van der Waals surface area contributed by atoms with Crippen molar-refractivity contribution in [3.63, 3.8) is 0 Å². The average molecular weight is 376 g/mol. The van der Waals surface area contributed by atoms with Gasteiger partial charge in [0.25, 0.3) is 0 Å². The Morgan fingerprint density at radius 2 is 1.73 bits per heavy atom. The predicted molar refractivity (Wildman–Crippen MR) is 106 cm³/mol. The summed E-state index contributed by atoms with van der Waals surface area (Å²) in [6.45, 7) is 7.28. The average Bonchev–Trinajstić information content (AvgIpc) is 2.55. The van der Waals surface area contributed by atoms with E-state index in [4.69, 9.17) is 4.18 Å². The fourth-order valence-electron chi connectivity index (χ4n) is 3.35. The smallest absolute Gasteiger partial charge is 0.339 e. The standard InChI is InChI=1S/C21H29NO3S/c1-6-21(17(3)15-22(4)5)18-8-7-9-19(14-18)25-26(23,24)20-12-10-16(2)11-13-20/h7-14,17,21H,6,15H2,1-5H3/t17-,21+/m0/s1. The van der Waals surface area contributed by atoms with Crippen LogP contribution in [0.2, 0.25) is 0 Å². The van der Waals surface area contributed by atoms with Crippen molar-refractivity contribution in [3.8, 4) is 5.75 Å². The molecule has 0 saturated heterocycles. The summed E-state index contributed by atoms with van der Waals surface area (Å²) in [7, 11) is 0.306. The molecule has 0 radical (unpaired) electrons. The molecule has 2 atom stereocenters. The van der Waals surface area contributed by atoms with Gasteiger partial charge in [-0.2, -0.15) is 8.42 Å². The number of nitrogens with zero attached hydrogens (tertiary/aromatic N) is 1. The highest BCUT2D eigenvalue weighted by Crippen LogP contribution is 2.31. The topological polar surface area (TPSA) is 46.6 Å². The first kappa shape index (κ1) is 20.5. The fourth-order valence-corrected chi connectivity index (χ4v) is 4.27. The molecule has 0 N–H and O–H groups in total. The van der Waals surface area contributed by atoms with E-state index in [1.165, 1.54) is 0 Å². The summed E-state index contributed by atoms with van der Waals surface area (Å²) in [6, 6.07) is 14.1. The Kier molecular flexibility index (Phi) is 6.84. The first-order valence-electron chi connectivity index (χ1n) is 8.98. The first-order chi connectivity index (χ1) is 12.2. The van der Waals surface area contributed by atoms with Crippen molar-refractivity contribution in [2.75, 3.05) is 20.6 Å². The second-order valence-electron chi connectivity index (χ2n) is 7.18. The maximum atomic E-state index is 12.5. The van der Waals surface area contributed by atoms with E-state index in [0.29, 0.717) is 17.6 Å². The van der Waals surface area contributed by atoms with Crippen molar-refractivity contribution >= 4 is 10.1 Å². The zero-order valence-corrected chi connectivity index (χ0v) is 17.1. The van der Waals surface area contributed by atoms with Crippen LogP contribution in [0.1, 0.15) is 37.3 Å². The molecule has 0 unspecified atom stereocenters. The van der Waals surface area contributed by atoms with Gasteiger partial charge in [-0.05, 0) is 69.1 Å². The zero-order chi connectivity index (χ0) is 19.3. The minimum atomic E-state index is -3.83.